The Hall–Kier alpha value is -2.37. The minimum Gasteiger partial charge on any atom is -0.344 e. The number of H-pyrrole nitrogens is 2. The predicted octanol–water partition coefficient (Wildman–Crippen LogP) is 1.90. The fourth-order valence-corrected chi connectivity index (χ4v) is 2.34. The molecule has 0 aliphatic carbocycles. The van der Waals surface area contributed by atoms with Crippen molar-refractivity contribution in [2.45, 2.75) is 40.2 Å². The number of pyridine rings is 1. The van der Waals surface area contributed by atoms with Gasteiger partial charge in [-0.3, -0.25) is 9.59 Å². The molecule has 3 N–H and O–H groups in total. The predicted molar refractivity (Wildman–Crippen MR) is 80.4 cm³/mol. The van der Waals surface area contributed by atoms with Gasteiger partial charge in [-0.1, -0.05) is 6.92 Å². The van der Waals surface area contributed by atoms with Gasteiger partial charge in [-0.2, -0.15) is 0 Å². The first-order chi connectivity index (χ1) is 9.92. The molecule has 0 unspecified atom stereocenters. The van der Waals surface area contributed by atoms with E-state index in [-0.39, 0.29) is 23.1 Å². The summed E-state index contributed by atoms with van der Waals surface area (Å²) in [5.74, 6) is 0.319. The lowest BCUT2D eigenvalue weighted by Gasteiger charge is -2.15. The van der Waals surface area contributed by atoms with E-state index in [1.807, 2.05) is 13.8 Å². The molecule has 1 atom stereocenters. The zero-order valence-corrected chi connectivity index (χ0v) is 12.7. The summed E-state index contributed by atoms with van der Waals surface area (Å²) in [6.45, 7) is 7.40. The quantitative estimate of drug-likeness (QED) is 0.802. The minimum atomic E-state index is -0.380. The maximum atomic E-state index is 12.4. The summed E-state index contributed by atoms with van der Waals surface area (Å²) in [4.78, 5) is 34.3. The van der Waals surface area contributed by atoms with E-state index in [4.69, 9.17) is 0 Å². The summed E-state index contributed by atoms with van der Waals surface area (Å²) in [5.41, 5.74) is 2.13. The average Bonchev–Trinajstić information content (AvgIpc) is 2.81. The third-order valence-electron chi connectivity index (χ3n) is 3.36. The Morgan fingerprint density at radius 1 is 1.29 bits per heavy atom. The molecule has 0 saturated carbocycles. The number of hydrogen-bond acceptors (Lipinski definition) is 3. The molecule has 21 heavy (non-hydrogen) atoms. The standard InChI is InChI=1S/C15H20N4O2/c1-5-11(13-16-7-10(4)17-13)19-15(21)12-8(2)6-9(3)18-14(12)20/h6-7,11H,5H2,1-4H3,(H,16,17)(H,18,20)(H,19,21)/t11-/m0/s1. The smallest absolute Gasteiger partial charge is 0.261 e. The van der Waals surface area contributed by atoms with Crippen LogP contribution in [0.25, 0.3) is 0 Å². The summed E-state index contributed by atoms with van der Waals surface area (Å²) in [7, 11) is 0. The number of rotatable bonds is 4. The van der Waals surface area contributed by atoms with Crippen LogP contribution in [-0.2, 0) is 0 Å². The van der Waals surface area contributed by atoms with Crippen LogP contribution in [0.2, 0.25) is 0 Å². The summed E-state index contributed by atoms with van der Waals surface area (Å²) in [5, 5.41) is 2.86. The van der Waals surface area contributed by atoms with Gasteiger partial charge in [0.05, 0.1) is 6.04 Å². The van der Waals surface area contributed by atoms with Gasteiger partial charge in [0.2, 0.25) is 0 Å². The van der Waals surface area contributed by atoms with Crippen molar-refractivity contribution in [3.8, 4) is 0 Å². The Morgan fingerprint density at radius 2 is 2.00 bits per heavy atom. The Labute approximate surface area is 123 Å². The van der Waals surface area contributed by atoms with E-state index >= 15 is 0 Å². The fourth-order valence-electron chi connectivity index (χ4n) is 2.34. The number of aromatic nitrogens is 3. The molecule has 0 saturated heterocycles. The fraction of sp³-hybridized carbons (Fsp3) is 0.400. The van der Waals surface area contributed by atoms with Crippen LogP contribution in [0, 0.1) is 20.8 Å². The summed E-state index contributed by atoms with van der Waals surface area (Å²) in [6, 6.07) is 1.54. The van der Waals surface area contributed by atoms with Gasteiger partial charge < -0.3 is 15.3 Å². The normalized spacial score (nSPS) is 12.2. The second-order valence-electron chi connectivity index (χ2n) is 5.23. The van der Waals surface area contributed by atoms with Crippen molar-refractivity contribution in [1.29, 1.82) is 0 Å². The first-order valence-electron chi connectivity index (χ1n) is 6.95. The van der Waals surface area contributed by atoms with Gasteiger partial charge in [-0.15, -0.1) is 0 Å². The summed E-state index contributed by atoms with van der Waals surface area (Å²) in [6.07, 6.45) is 2.40. The highest BCUT2D eigenvalue weighted by Gasteiger charge is 2.20. The van der Waals surface area contributed by atoms with Gasteiger partial charge in [-0.05, 0) is 38.8 Å². The lowest BCUT2D eigenvalue weighted by molar-refractivity contribution is 0.0931. The molecule has 2 rings (SSSR count). The van der Waals surface area contributed by atoms with Crippen LogP contribution in [0.3, 0.4) is 0 Å². The molecule has 2 aromatic heterocycles. The topological polar surface area (TPSA) is 90.6 Å². The number of carbonyl (C=O) groups excluding carboxylic acids is 1. The molecule has 0 radical (unpaired) electrons. The SMILES string of the molecule is CC[C@H](NC(=O)c1c(C)cc(C)[nH]c1=O)c1ncc(C)[nH]1. The third kappa shape index (κ3) is 3.21. The number of nitrogens with zero attached hydrogens (tertiary/aromatic N) is 1. The molecular weight excluding hydrogens is 268 g/mol. The van der Waals surface area contributed by atoms with Crippen LogP contribution >= 0.6 is 0 Å². The van der Waals surface area contributed by atoms with Crippen molar-refractivity contribution in [3.63, 3.8) is 0 Å². The number of aryl methyl sites for hydroxylation is 3. The Morgan fingerprint density at radius 3 is 2.52 bits per heavy atom. The van der Waals surface area contributed by atoms with Gasteiger partial charge in [0.25, 0.3) is 11.5 Å². The molecule has 6 heteroatoms. The number of amides is 1. The van der Waals surface area contributed by atoms with E-state index in [0.717, 1.165) is 11.4 Å². The van der Waals surface area contributed by atoms with Crippen molar-refractivity contribution in [3.05, 3.63) is 51.0 Å². The van der Waals surface area contributed by atoms with E-state index < -0.39 is 0 Å². The monoisotopic (exact) mass is 288 g/mol. The lowest BCUT2D eigenvalue weighted by atomic mass is 10.1. The van der Waals surface area contributed by atoms with Crippen molar-refractivity contribution in [2.24, 2.45) is 0 Å². The van der Waals surface area contributed by atoms with Crippen LogP contribution in [0.15, 0.2) is 17.1 Å². The van der Waals surface area contributed by atoms with Crippen LogP contribution in [-0.4, -0.2) is 20.9 Å². The van der Waals surface area contributed by atoms with E-state index in [2.05, 4.69) is 20.3 Å². The first-order valence-corrected chi connectivity index (χ1v) is 6.95. The second kappa shape index (κ2) is 5.95. The van der Waals surface area contributed by atoms with Crippen LogP contribution in [0.1, 0.15) is 52.5 Å². The molecule has 0 fully saturated rings. The van der Waals surface area contributed by atoms with Gasteiger partial charge in [0, 0.05) is 17.6 Å². The zero-order valence-electron chi connectivity index (χ0n) is 12.7. The molecule has 0 spiro atoms. The summed E-state index contributed by atoms with van der Waals surface area (Å²) >= 11 is 0. The van der Waals surface area contributed by atoms with Gasteiger partial charge in [0.15, 0.2) is 0 Å². The molecule has 2 aromatic rings. The maximum Gasteiger partial charge on any atom is 0.261 e. The molecule has 0 aromatic carbocycles. The van der Waals surface area contributed by atoms with Crippen LogP contribution in [0.5, 0.6) is 0 Å². The molecule has 0 bridgehead atoms. The molecule has 0 aliphatic heterocycles. The average molecular weight is 288 g/mol. The number of carbonyl (C=O) groups is 1. The largest absolute Gasteiger partial charge is 0.344 e. The highest BCUT2D eigenvalue weighted by Crippen LogP contribution is 2.14. The highest BCUT2D eigenvalue weighted by molar-refractivity contribution is 5.95. The second-order valence-corrected chi connectivity index (χ2v) is 5.23. The van der Waals surface area contributed by atoms with Gasteiger partial charge >= 0.3 is 0 Å². The van der Waals surface area contributed by atoms with Gasteiger partial charge in [0.1, 0.15) is 11.4 Å². The highest BCUT2D eigenvalue weighted by atomic mass is 16.2. The first kappa shape index (κ1) is 15.0. The lowest BCUT2D eigenvalue weighted by Crippen LogP contribution is -2.34. The molecule has 1 amide bonds. The maximum absolute atomic E-state index is 12.4. The number of hydrogen-bond donors (Lipinski definition) is 3. The third-order valence-corrected chi connectivity index (χ3v) is 3.36. The molecule has 6 nitrogen and oxygen atoms in total. The zero-order chi connectivity index (χ0) is 15.6. The van der Waals surface area contributed by atoms with E-state index in [9.17, 15) is 9.59 Å². The number of imidazole rings is 1. The summed E-state index contributed by atoms with van der Waals surface area (Å²) < 4.78 is 0. The molecule has 0 aliphatic rings. The van der Waals surface area contributed by atoms with E-state index in [1.54, 1.807) is 26.1 Å². The minimum absolute atomic E-state index is 0.155. The van der Waals surface area contributed by atoms with Gasteiger partial charge in [-0.25, -0.2) is 4.98 Å². The van der Waals surface area contributed by atoms with Crippen LogP contribution in [0.4, 0.5) is 0 Å². The van der Waals surface area contributed by atoms with Crippen LogP contribution < -0.4 is 10.9 Å². The Kier molecular flexibility index (Phi) is 4.26. The molecular formula is C15H20N4O2. The van der Waals surface area contributed by atoms with Crippen molar-refractivity contribution in [2.75, 3.05) is 0 Å². The Bertz CT molecular complexity index is 715. The molecule has 112 valence electrons. The van der Waals surface area contributed by atoms with E-state index in [0.29, 0.717) is 17.8 Å². The number of nitrogens with one attached hydrogen (secondary N) is 3. The van der Waals surface area contributed by atoms with Crippen molar-refractivity contribution < 1.29 is 4.79 Å². The van der Waals surface area contributed by atoms with Crippen molar-refractivity contribution >= 4 is 5.91 Å². The molecule has 2 heterocycles. The number of aromatic amines is 2. The van der Waals surface area contributed by atoms with E-state index in [1.165, 1.54) is 0 Å². The van der Waals surface area contributed by atoms with Crippen molar-refractivity contribution in [1.82, 2.24) is 20.3 Å². The Balaban J connectivity index is 2.27.